The lowest BCUT2D eigenvalue weighted by molar-refractivity contribution is 0.0701. The number of hydrogen-bond donors (Lipinski definition) is 0. The van der Waals surface area contributed by atoms with Gasteiger partial charge in [0, 0.05) is 11.5 Å². The number of carbonyl (C=O) groups is 1. The van der Waals surface area contributed by atoms with Crippen LogP contribution < -0.4 is 0 Å². The zero-order valence-corrected chi connectivity index (χ0v) is 10.2. The first kappa shape index (κ1) is 10.5. The smallest absolute Gasteiger partial charge is 0.410 e. The Labute approximate surface area is 97.2 Å². The molecule has 1 unspecified atom stereocenters. The third kappa shape index (κ3) is 1.86. The van der Waals surface area contributed by atoms with Crippen molar-refractivity contribution < 1.29 is 9.53 Å². The van der Waals surface area contributed by atoms with E-state index in [1.54, 1.807) is 11.9 Å². The Morgan fingerprint density at radius 2 is 2.00 bits per heavy atom. The van der Waals surface area contributed by atoms with Gasteiger partial charge in [-0.2, -0.15) is 0 Å². The topological polar surface area (TPSA) is 29.5 Å². The Hall–Kier alpha value is -1.03. The second kappa shape index (κ2) is 3.52. The van der Waals surface area contributed by atoms with Crippen LogP contribution in [0.15, 0.2) is 28.7 Å². The van der Waals surface area contributed by atoms with Crippen LogP contribution in [0.3, 0.4) is 0 Å². The van der Waals surface area contributed by atoms with E-state index in [0.29, 0.717) is 6.54 Å². The van der Waals surface area contributed by atoms with Crippen LogP contribution in [0.2, 0.25) is 0 Å². The van der Waals surface area contributed by atoms with Crippen LogP contribution in [-0.4, -0.2) is 24.6 Å². The van der Waals surface area contributed by atoms with Gasteiger partial charge in [-0.05, 0) is 24.6 Å². The SMILES string of the molecule is CN1CC(C)(c2ccc(Br)cc2)OC1=O. The lowest BCUT2D eigenvalue weighted by atomic mass is 9.96. The van der Waals surface area contributed by atoms with Gasteiger partial charge in [0.2, 0.25) is 0 Å². The van der Waals surface area contributed by atoms with Crippen molar-refractivity contribution in [3.63, 3.8) is 0 Å². The fourth-order valence-electron chi connectivity index (χ4n) is 1.77. The quantitative estimate of drug-likeness (QED) is 0.785. The van der Waals surface area contributed by atoms with E-state index < -0.39 is 5.60 Å². The molecule has 1 aliphatic heterocycles. The number of ether oxygens (including phenoxy) is 1. The van der Waals surface area contributed by atoms with Crippen molar-refractivity contribution >= 4 is 22.0 Å². The minimum atomic E-state index is -0.521. The first-order chi connectivity index (χ1) is 7.01. The van der Waals surface area contributed by atoms with E-state index >= 15 is 0 Å². The normalized spacial score (nSPS) is 25.5. The molecule has 1 aromatic carbocycles. The number of benzene rings is 1. The molecule has 0 N–H and O–H groups in total. The minimum Gasteiger partial charge on any atom is -0.436 e. The van der Waals surface area contributed by atoms with E-state index in [4.69, 9.17) is 4.74 Å². The zero-order chi connectivity index (χ0) is 11.1. The summed E-state index contributed by atoms with van der Waals surface area (Å²) in [6.45, 7) is 2.52. The first-order valence-electron chi connectivity index (χ1n) is 4.71. The van der Waals surface area contributed by atoms with Gasteiger partial charge in [-0.1, -0.05) is 28.1 Å². The van der Waals surface area contributed by atoms with Gasteiger partial charge in [0.1, 0.15) is 0 Å². The number of carbonyl (C=O) groups excluding carboxylic acids is 1. The van der Waals surface area contributed by atoms with Crippen molar-refractivity contribution in [3.05, 3.63) is 34.3 Å². The van der Waals surface area contributed by atoms with Crippen LogP contribution in [0.1, 0.15) is 12.5 Å². The molecule has 1 heterocycles. The van der Waals surface area contributed by atoms with Gasteiger partial charge in [-0.3, -0.25) is 0 Å². The number of halogens is 1. The van der Waals surface area contributed by atoms with Crippen molar-refractivity contribution in [1.82, 2.24) is 4.90 Å². The summed E-state index contributed by atoms with van der Waals surface area (Å²) >= 11 is 3.38. The van der Waals surface area contributed by atoms with Gasteiger partial charge in [-0.15, -0.1) is 0 Å². The van der Waals surface area contributed by atoms with E-state index in [9.17, 15) is 4.79 Å². The highest BCUT2D eigenvalue weighted by Crippen LogP contribution is 2.32. The number of nitrogens with zero attached hydrogens (tertiary/aromatic N) is 1. The van der Waals surface area contributed by atoms with Crippen LogP contribution in [0.25, 0.3) is 0 Å². The largest absolute Gasteiger partial charge is 0.436 e. The predicted octanol–water partition coefficient (Wildman–Crippen LogP) is 2.75. The maximum Gasteiger partial charge on any atom is 0.410 e. The molecule has 1 aliphatic rings. The Morgan fingerprint density at radius 3 is 2.47 bits per heavy atom. The van der Waals surface area contributed by atoms with E-state index in [1.165, 1.54) is 0 Å². The number of amides is 1. The highest BCUT2D eigenvalue weighted by atomic mass is 79.9. The Morgan fingerprint density at radius 1 is 1.40 bits per heavy atom. The van der Waals surface area contributed by atoms with Gasteiger partial charge in [0.15, 0.2) is 5.60 Å². The molecule has 0 radical (unpaired) electrons. The van der Waals surface area contributed by atoms with Crippen molar-refractivity contribution in [3.8, 4) is 0 Å². The molecule has 0 aliphatic carbocycles. The summed E-state index contributed by atoms with van der Waals surface area (Å²) in [4.78, 5) is 12.9. The fraction of sp³-hybridized carbons (Fsp3) is 0.364. The standard InChI is InChI=1S/C11H12BrNO2/c1-11(7-13(2)10(14)15-11)8-3-5-9(12)6-4-8/h3-6H,7H2,1-2H3. The minimum absolute atomic E-state index is 0.264. The molecule has 3 nitrogen and oxygen atoms in total. The van der Waals surface area contributed by atoms with Crippen LogP contribution >= 0.6 is 15.9 Å². The maximum atomic E-state index is 11.3. The number of likely N-dealkylation sites (N-methyl/N-ethyl adjacent to an activating group) is 1. The number of cyclic esters (lactones) is 1. The highest BCUT2D eigenvalue weighted by Gasteiger charge is 2.40. The third-order valence-corrected chi connectivity index (χ3v) is 3.15. The molecule has 1 aromatic rings. The van der Waals surface area contributed by atoms with Crippen LogP contribution in [0, 0.1) is 0 Å². The molecule has 1 saturated heterocycles. The average molecular weight is 270 g/mol. The Balaban J connectivity index is 2.31. The van der Waals surface area contributed by atoms with E-state index in [0.717, 1.165) is 10.0 Å². The van der Waals surface area contributed by atoms with Gasteiger partial charge in [0.25, 0.3) is 0 Å². The summed E-state index contributed by atoms with van der Waals surface area (Å²) in [5.41, 5.74) is 0.496. The lowest BCUT2D eigenvalue weighted by Gasteiger charge is -2.21. The lowest BCUT2D eigenvalue weighted by Crippen LogP contribution is -2.27. The highest BCUT2D eigenvalue weighted by molar-refractivity contribution is 9.10. The second-order valence-corrected chi connectivity index (χ2v) is 4.88. The molecule has 80 valence electrons. The van der Waals surface area contributed by atoms with Gasteiger partial charge < -0.3 is 9.64 Å². The summed E-state index contributed by atoms with van der Waals surface area (Å²) in [5.74, 6) is 0. The molecule has 1 atom stereocenters. The van der Waals surface area contributed by atoms with Gasteiger partial charge in [0.05, 0.1) is 6.54 Å². The molecule has 1 fully saturated rings. The van der Waals surface area contributed by atoms with Crippen molar-refractivity contribution in [2.45, 2.75) is 12.5 Å². The van der Waals surface area contributed by atoms with Crippen LogP contribution in [0.4, 0.5) is 4.79 Å². The summed E-state index contributed by atoms with van der Waals surface area (Å²) in [6.07, 6.45) is -0.264. The molecule has 0 saturated carbocycles. The van der Waals surface area contributed by atoms with Gasteiger partial charge in [-0.25, -0.2) is 4.79 Å². The first-order valence-corrected chi connectivity index (χ1v) is 5.51. The summed E-state index contributed by atoms with van der Waals surface area (Å²) in [6, 6.07) is 7.84. The molecule has 2 rings (SSSR count). The number of rotatable bonds is 1. The summed E-state index contributed by atoms with van der Waals surface area (Å²) in [7, 11) is 1.74. The summed E-state index contributed by atoms with van der Waals surface area (Å²) in [5, 5.41) is 0. The number of hydrogen-bond acceptors (Lipinski definition) is 2. The van der Waals surface area contributed by atoms with Crippen LogP contribution in [-0.2, 0) is 10.3 Å². The second-order valence-electron chi connectivity index (χ2n) is 3.96. The fourth-order valence-corrected chi connectivity index (χ4v) is 2.04. The molecule has 0 spiro atoms. The van der Waals surface area contributed by atoms with E-state index in [-0.39, 0.29) is 6.09 Å². The molecule has 0 aromatic heterocycles. The molecule has 4 heteroatoms. The van der Waals surface area contributed by atoms with Crippen molar-refractivity contribution in [2.24, 2.45) is 0 Å². The third-order valence-electron chi connectivity index (χ3n) is 2.62. The molecular formula is C11H12BrNO2. The molecular weight excluding hydrogens is 258 g/mol. The zero-order valence-electron chi connectivity index (χ0n) is 8.66. The van der Waals surface area contributed by atoms with Crippen molar-refractivity contribution in [1.29, 1.82) is 0 Å². The Bertz CT molecular complexity index is 390. The van der Waals surface area contributed by atoms with Crippen LogP contribution in [0.5, 0.6) is 0 Å². The average Bonchev–Trinajstić information content (AvgIpc) is 2.43. The predicted molar refractivity (Wildman–Crippen MR) is 60.6 cm³/mol. The maximum absolute atomic E-state index is 11.3. The monoisotopic (exact) mass is 269 g/mol. The Kier molecular flexibility index (Phi) is 2.46. The molecule has 15 heavy (non-hydrogen) atoms. The van der Waals surface area contributed by atoms with E-state index in [1.807, 2.05) is 31.2 Å². The summed E-state index contributed by atoms with van der Waals surface area (Å²) < 4.78 is 6.38. The van der Waals surface area contributed by atoms with Gasteiger partial charge >= 0.3 is 6.09 Å². The molecule has 1 amide bonds. The molecule has 0 bridgehead atoms. The van der Waals surface area contributed by atoms with Crippen molar-refractivity contribution in [2.75, 3.05) is 13.6 Å². The van der Waals surface area contributed by atoms with E-state index in [2.05, 4.69) is 15.9 Å².